The van der Waals surface area contributed by atoms with E-state index in [0.717, 1.165) is 0 Å². The van der Waals surface area contributed by atoms with Crippen LogP contribution in [0, 0.1) is 16.7 Å². The summed E-state index contributed by atoms with van der Waals surface area (Å²) in [5.74, 6) is 1.80. The van der Waals surface area contributed by atoms with Crippen LogP contribution in [0.5, 0.6) is 0 Å². The molecule has 0 aliphatic heterocycles. The average Bonchev–Trinajstić information content (AvgIpc) is 2.23. The van der Waals surface area contributed by atoms with Gasteiger partial charge in [-0.3, -0.25) is 0 Å². The molecule has 2 aliphatic rings. The largest absolute Gasteiger partial charge is 0.0591 e. The third kappa shape index (κ3) is 1.85. The Labute approximate surface area is 95.8 Å². The Morgan fingerprint density at radius 1 is 0.800 bits per heavy atom. The summed E-state index contributed by atoms with van der Waals surface area (Å²) in [6.45, 7) is 7.56. The van der Waals surface area contributed by atoms with E-state index in [9.17, 15) is 0 Å². The Morgan fingerprint density at radius 3 is 2.00 bits per heavy atom. The predicted molar refractivity (Wildman–Crippen MR) is 66.7 cm³/mol. The van der Waals surface area contributed by atoms with Crippen LogP contribution in [0.15, 0.2) is 0 Å². The van der Waals surface area contributed by atoms with E-state index in [1.807, 2.05) is 0 Å². The molecule has 0 spiro atoms. The molecule has 1 atom stereocenters. The van der Waals surface area contributed by atoms with Gasteiger partial charge in [-0.2, -0.15) is 0 Å². The summed E-state index contributed by atoms with van der Waals surface area (Å²) in [5, 5.41) is 0. The van der Waals surface area contributed by atoms with E-state index in [2.05, 4.69) is 20.8 Å². The lowest BCUT2D eigenvalue weighted by molar-refractivity contribution is 0.0163. The highest BCUT2D eigenvalue weighted by molar-refractivity contribution is 5.11. The SMILES string of the molecule is C[C]1CCCCC1(C)C1(C)CCCCC1. The molecule has 2 rings (SSSR count). The van der Waals surface area contributed by atoms with Crippen molar-refractivity contribution in [2.24, 2.45) is 10.8 Å². The number of hydrogen-bond donors (Lipinski definition) is 0. The first-order chi connectivity index (χ1) is 7.08. The van der Waals surface area contributed by atoms with E-state index in [-0.39, 0.29) is 0 Å². The van der Waals surface area contributed by atoms with E-state index in [1.165, 1.54) is 57.8 Å². The summed E-state index contributed by atoms with van der Waals surface area (Å²) in [6, 6.07) is 0. The van der Waals surface area contributed by atoms with Crippen LogP contribution in [-0.2, 0) is 0 Å². The van der Waals surface area contributed by atoms with Crippen LogP contribution in [-0.4, -0.2) is 0 Å². The minimum atomic E-state index is 0.561. The maximum absolute atomic E-state index is 2.57. The average molecular weight is 207 g/mol. The Morgan fingerprint density at radius 2 is 1.40 bits per heavy atom. The van der Waals surface area contributed by atoms with Crippen LogP contribution in [0.4, 0.5) is 0 Å². The van der Waals surface area contributed by atoms with Gasteiger partial charge in [0.2, 0.25) is 0 Å². The van der Waals surface area contributed by atoms with Crippen molar-refractivity contribution < 1.29 is 0 Å². The van der Waals surface area contributed by atoms with Crippen molar-refractivity contribution in [2.75, 3.05) is 0 Å². The van der Waals surface area contributed by atoms with Gasteiger partial charge in [0.05, 0.1) is 0 Å². The number of rotatable bonds is 1. The summed E-state index contributed by atoms with van der Waals surface area (Å²) >= 11 is 0. The topological polar surface area (TPSA) is 0 Å². The summed E-state index contributed by atoms with van der Waals surface area (Å²) in [4.78, 5) is 0. The van der Waals surface area contributed by atoms with Crippen molar-refractivity contribution in [1.82, 2.24) is 0 Å². The van der Waals surface area contributed by atoms with Crippen LogP contribution in [0.2, 0.25) is 0 Å². The molecule has 0 saturated heterocycles. The first-order valence-corrected chi connectivity index (χ1v) is 6.91. The second-order valence-corrected chi connectivity index (χ2v) is 6.44. The zero-order valence-electron chi connectivity index (χ0n) is 10.9. The first-order valence-electron chi connectivity index (χ1n) is 6.91. The van der Waals surface area contributed by atoms with Crippen molar-refractivity contribution in [1.29, 1.82) is 0 Å². The van der Waals surface area contributed by atoms with E-state index >= 15 is 0 Å². The van der Waals surface area contributed by atoms with Gasteiger partial charge in [0, 0.05) is 0 Å². The molecule has 1 radical (unpaired) electrons. The van der Waals surface area contributed by atoms with E-state index in [0.29, 0.717) is 10.8 Å². The Balaban J connectivity index is 2.17. The maximum Gasteiger partial charge on any atom is -0.0207 e. The Kier molecular flexibility index (Phi) is 3.14. The second kappa shape index (κ2) is 4.11. The monoisotopic (exact) mass is 207 g/mol. The molecule has 2 fully saturated rings. The van der Waals surface area contributed by atoms with Gasteiger partial charge in [-0.1, -0.05) is 52.9 Å². The molecule has 0 heterocycles. The lowest BCUT2D eigenvalue weighted by Gasteiger charge is -2.54. The molecule has 87 valence electrons. The van der Waals surface area contributed by atoms with Gasteiger partial charge >= 0.3 is 0 Å². The zero-order valence-corrected chi connectivity index (χ0v) is 10.9. The molecule has 0 heteroatoms. The van der Waals surface area contributed by atoms with Crippen molar-refractivity contribution in [3.05, 3.63) is 5.92 Å². The fourth-order valence-corrected chi connectivity index (χ4v) is 4.06. The molecule has 2 saturated carbocycles. The molecule has 0 aromatic rings. The molecule has 15 heavy (non-hydrogen) atoms. The molecule has 0 aromatic heterocycles. The molecular weight excluding hydrogens is 180 g/mol. The van der Waals surface area contributed by atoms with Crippen molar-refractivity contribution in [3.63, 3.8) is 0 Å². The molecule has 0 amide bonds. The van der Waals surface area contributed by atoms with Gasteiger partial charge in [0.15, 0.2) is 0 Å². The summed E-state index contributed by atoms with van der Waals surface area (Å²) in [6.07, 6.45) is 13.1. The standard InChI is InChI=1S/C15H27/c1-13-9-5-8-12-15(13,3)14(2)10-6-4-7-11-14/h4-12H2,1-3H3. The van der Waals surface area contributed by atoms with Crippen LogP contribution in [0.25, 0.3) is 0 Å². The molecule has 2 aliphatic carbocycles. The summed E-state index contributed by atoms with van der Waals surface area (Å²) < 4.78 is 0. The lowest BCUT2D eigenvalue weighted by Crippen LogP contribution is -2.44. The van der Waals surface area contributed by atoms with Gasteiger partial charge in [-0.25, -0.2) is 0 Å². The smallest absolute Gasteiger partial charge is 0.0207 e. The van der Waals surface area contributed by atoms with E-state index < -0.39 is 0 Å². The van der Waals surface area contributed by atoms with Crippen LogP contribution >= 0.6 is 0 Å². The van der Waals surface area contributed by atoms with E-state index in [4.69, 9.17) is 0 Å². The third-order valence-corrected chi connectivity index (χ3v) is 5.71. The third-order valence-electron chi connectivity index (χ3n) is 5.71. The maximum atomic E-state index is 2.57. The minimum absolute atomic E-state index is 0.561. The van der Waals surface area contributed by atoms with Crippen molar-refractivity contribution >= 4 is 0 Å². The highest BCUT2D eigenvalue weighted by Gasteiger charge is 2.48. The normalized spacial score (nSPS) is 37.8. The van der Waals surface area contributed by atoms with Gasteiger partial charge in [0.1, 0.15) is 0 Å². The molecule has 0 aromatic carbocycles. The number of hydrogen-bond acceptors (Lipinski definition) is 0. The van der Waals surface area contributed by atoms with Gasteiger partial charge in [0.25, 0.3) is 0 Å². The highest BCUT2D eigenvalue weighted by atomic mass is 14.5. The molecular formula is C15H27. The van der Waals surface area contributed by atoms with Gasteiger partial charge in [-0.05, 0) is 42.4 Å². The highest BCUT2D eigenvalue weighted by Crippen LogP contribution is 2.59. The Bertz CT molecular complexity index is 212. The zero-order chi connectivity index (χ0) is 10.9. The molecule has 0 bridgehead atoms. The first kappa shape index (κ1) is 11.5. The molecule has 1 unspecified atom stereocenters. The fraction of sp³-hybridized carbons (Fsp3) is 0.933. The van der Waals surface area contributed by atoms with Gasteiger partial charge in [-0.15, -0.1) is 0 Å². The van der Waals surface area contributed by atoms with Crippen molar-refractivity contribution in [3.8, 4) is 0 Å². The quantitative estimate of drug-likeness (QED) is 0.559. The van der Waals surface area contributed by atoms with Crippen LogP contribution in [0.1, 0.15) is 78.6 Å². The van der Waals surface area contributed by atoms with E-state index in [1.54, 1.807) is 5.92 Å². The molecule has 0 N–H and O–H groups in total. The van der Waals surface area contributed by atoms with Crippen LogP contribution < -0.4 is 0 Å². The lowest BCUT2D eigenvalue weighted by atomic mass is 9.50. The Hall–Kier alpha value is 0. The fourth-order valence-electron chi connectivity index (χ4n) is 4.06. The second-order valence-electron chi connectivity index (χ2n) is 6.44. The minimum Gasteiger partial charge on any atom is -0.0591 e. The summed E-state index contributed by atoms with van der Waals surface area (Å²) in [5.41, 5.74) is 1.18. The van der Waals surface area contributed by atoms with Gasteiger partial charge < -0.3 is 0 Å². The predicted octanol–water partition coefficient (Wildman–Crippen LogP) is 5.13. The summed E-state index contributed by atoms with van der Waals surface area (Å²) in [7, 11) is 0. The molecule has 0 nitrogen and oxygen atoms in total. The van der Waals surface area contributed by atoms with Crippen LogP contribution in [0.3, 0.4) is 0 Å². The van der Waals surface area contributed by atoms with Crippen molar-refractivity contribution in [2.45, 2.75) is 78.6 Å².